The molecule has 1 aromatic heterocycles. The molecule has 0 aliphatic heterocycles. The fourth-order valence-corrected chi connectivity index (χ4v) is 2.74. The summed E-state index contributed by atoms with van der Waals surface area (Å²) in [6.07, 6.45) is 1.14. The van der Waals surface area contributed by atoms with E-state index in [1.807, 2.05) is 24.7 Å². The van der Waals surface area contributed by atoms with Crippen molar-refractivity contribution in [1.82, 2.24) is 15.1 Å². The topological polar surface area (TPSA) is 29.9 Å². The van der Waals surface area contributed by atoms with Gasteiger partial charge in [0.15, 0.2) is 0 Å². The average Bonchev–Trinajstić information content (AvgIpc) is 2.65. The highest BCUT2D eigenvalue weighted by atomic mass is 35.5. The quantitative estimate of drug-likeness (QED) is 0.848. The van der Waals surface area contributed by atoms with E-state index in [0.29, 0.717) is 0 Å². The van der Waals surface area contributed by atoms with Crippen molar-refractivity contribution < 1.29 is 0 Å². The number of benzene rings is 1. The molecule has 3 nitrogen and oxygen atoms in total. The summed E-state index contributed by atoms with van der Waals surface area (Å²) in [4.78, 5) is 0. The van der Waals surface area contributed by atoms with Crippen LogP contribution in [0.25, 0.3) is 11.1 Å². The molecule has 1 N–H and O–H groups in total. The first kappa shape index (κ1) is 15.1. The van der Waals surface area contributed by atoms with Crippen LogP contribution in [0.5, 0.6) is 0 Å². The molecular formula is C16H22ClN3. The van der Waals surface area contributed by atoms with E-state index >= 15 is 0 Å². The van der Waals surface area contributed by atoms with E-state index in [-0.39, 0.29) is 0 Å². The minimum absolute atomic E-state index is 0.792. The van der Waals surface area contributed by atoms with Gasteiger partial charge in [-0.15, -0.1) is 0 Å². The largest absolute Gasteiger partial charge is 0.313 e. The van der Waals surface area contributed by atoms with E-state index < -0.39 is 0 Å². The van der Waals surface area contributed by atoms with Gasteiger partial charge in [-0.3, -0.25) is 4.68 Å². The van der Waals surface area contributed by atoms with Gasteiger partial charge in [-0.2, -0.15) is 5.10 Å². The number of aromatic nitrogens is 2. The van der Waals surface area contributed by atoms with Crippen LogP contribution in [0.1, 0.15) is 30.3 Å². The van der Waals surface area contributed by atoms with Gasteiger partial charge < -0.3 is 5.32 Å². The number of aryl methyl sites for hydroxylation is 2. The molecule has 1 aromatic carbocycles. The Hall–Kier alpha value is -1.32. The lowest BCUT2D eigenvalue weighted by atomic mass is 10.0. The third-order valence-electron chi connectivity index (χ3n) is 3.57. The monoisotopic (exact) mass is 291 g/mol. The molecule has 0 saturated heterocycles. The smallest absolute Gasteiger partial charge is 0.0675 e. The standard InChI is InChI=1S/C16H22ClN3/c1-5-8-18-10-13-6-7-14(15(17)9-13)16-11(2)19-20(4)12(16)3/h6-7,9,18H,5,8,10H2,1-4H3. The normalized spacial score (nSPS) is 11.1. The van der Waals surface area contributed by atoms with Crippen LogP contribution in [0.4, 0.5) is 0 Å². The van der Waals surface area contributed by atoms with Crippen LogP contribution in [0, 0.1) is 13.8 Å². The predicted octanol–water partition coefficient (Wildman–Crippen LogP) is 3.86. The molecule has 0 saturated carbocycles. The van der Waals surface area contributed by atoms with Crippen LogP contribution in [0.3, 0.4) is 0 Å². The van der Waals surface area contributed by atoms with Gasteiger partial charge in [0, 0.05) is 35.4 Å². The summed E-state index contributed by atoms with van der Waals surface area (Å²) < 4.78 is 1.90. The molecule has 108 valence electrons. The Kier molecular flexibility index (Phi) is 4.84. The maximum absolute atomic E-state index is 6.47. The SMILES string of the molecule is CCCNCc1ccc(-c2c(C)nn(C)c2C)c(Cl)c1. The zero-order chi connectivity index (χ0) is 14.7. The third-order valence-corrected chi connectivity index (χ3v) is 3.88. The zero-order valence-electron chi connectivity index (χ0n) is 12.6. The first-order chi connectivity index (χ1) is 9.54. The number of nitrogens with zero attached hydrogens (tertiary/aromatic N) is 2. The molecule has 0 amide bonds. The Morgan fingerprint density at radius 2 is 2.05 bits per heavy atom. The fourth-order valence-electron chi connectivity index (χ4n) is 2.44. The van der Waals surface area contributed by atoms with Gasteiger partial charge in [0.2, 0.25) is 0 Å². The van der Waals surface area contributed by atoms with E-state index in [9.17, 15) is 0 Å². The molecule has 1 heterocycles. The molecule has 0 spiro atoms. The highest BCUT2D eigenvalue weighted by molar-refractivity contribution is 6.33. The third kappa shape index (κ3) is 3.05. The fraction of sp³-hybridized carbons (Fsp3) is 0.438. The lowest BCUT2D eigenvalue weighted by Gasteiger charge is -2.09. The minimum Gasteiger partial charge on any atom is -0.313 e. The van der Waals surface area contributed by atoms with Crippen molar-refractivity contribution in [3.8, 4) is 11.1 Å². The predicted molar refractivity (Wildman–Crippen MR) is 85.1 cm³/mol. The van der Waals surface area contributed by atoms with E-state index in [0.717, 1.165) is 47.0 Å². The van der Waals surface area contributed by atoms with Crippen molar-refractivity contribution in [2.24, 2.45) is 7.05 Å². The summed E-state index contributed by atoms with van der Waals surface area (Å²) in [5, 5.41) is 8.64. The molecular weight excluding hydrogens is 270 g/mol. The number of halogens is 1. The number of hydrogen-bond acceptors (Lipinski definition) is 2. The van der Waals surface area contributed by atoms with Gasteiger partial charge >= 0.3 is 0 Å². The molecule has 0 aliphatic carbocycles. The molecule has 4 heteroatoms. The van der Waals surface area contributed by atoms with Crippen molar-refractivity contribution in [2.45, 2.75) is 33.7 Å². The zero-order valence-corrected chi connectivity index (χ0v) is 13.4. The number of rotatable bonds is 5. The van der Waals surface area contributed by atoms with Crippen LogP contribution < -0.4 is 5.32 Å². The van der Waals surface area contributed by atoms with Gasteiger partial charge in [-0.05, 0) is 38.4 Å². The molecule has 0 unspecified atom stereocenters. The van der Waals surface area contributed by atoms with Gasteiger partial charge in [-0.25, -0.2) is 0 Å². The average molecular weight is 292 g/mol. The summed E-state index contributed by atoms with van der Waals surface area (Å²) in [5.41, 5.74) is 5.58. The molecule has 0 fully saturated rings. The molecule has 0 bridgehead atoms. The van der Waals surface area contributed by atoms with Gasteiger partial charge in [-0.1, -0.05) is 30.7 Å². The lowest BCUT2D eigenvalue weighted by Crippen LogP contribution is -2.13. The highest BCUT2D eigenvalue weighted by Gasteiger charge is 2.14. The first-order valence-electron chi connectivity index (χ1n) is 7.04. The second-order valence-electron chi connectivity index (χ2n) is 5.16. The van der Waals surface area contributed by atoms with E-state index in [4.69, 9.17) is 11.6 Å². The molecule has 20 heavy (non-hydrogen) atoms. The van der Waals surface area contributed by atoms with Crippen molar-refractivity contribution in [1.29, 1.82) is 0 Å². The Morgan fingerprint density at radius 1 is 1.30 bits per heavy atom. The molecule has 2 aromatic rings. The van der Waals surface area contributed by atoms with Crippen molar-refractivity contribution in [3.05, 3.63) is 40.2 Å². The first-order valence-corrected chi connectivity index (χ1v) is 7.42. The van der Waals surface area contributed by atoms with Crippen molar-refractivity contribution >= 4 is 11.6 Å². The van der Waals surface area contributed by atoms with Gasteiger partial charge in [0.05, 0.1) is 5.69 Å². The van der Waals surface area contributed by atoms with Crippen molar-refractivity contribution in [2.75, 3.05) is 6.54 Å². The Labute approximate surface area is 126 Å². The molecule has 0 atom stereocenters. The summed E-state index contributed by atoms with van der Waals surface area (Å²) >= 11 is 6.47. The van der Waals surface area contributed by atoms with Gasteiger partial charge in [0.25, 0.3) is 0 Å². The number of hydrogen-bond donors (Lipinski definition) is 1. The Balaban J connectivity index is 2.30. The maximum atomic E-state index is 6.47. The van der Waals surface area contributed by atoms with Crippen LogP contribution in [-0.2, 0) is 13.6 Å². The second-order valence-corrected chi connectivity index (χ2v) is 5.57. The molecule has 0 radical (unpaired) electrons. The van der Waals surface area contributed by atoms with E-state index in [2.05, 4.69) is 36.4 Å². The summed E-state index contributed by atoms with van der Waals surface area (Å²) in [6.45, 7) is 8.15. The van der Waals surface area contributed by atoms with Crippen LogP contribution >= 0.6 is 11.6 Å². The second kappa shape index (κ2) is 6.42. The Morgan fingerprint density at radius 3 is 2.60 bits per heavy atom. The lowest BCUT2D eigenvalue weighted by molar-refractivity contribution is 0.675. The van der Waals surface area contributed by atoms with Gasteiger partial charge in [0.1, 0.15) is 0 Å². The van der Waals surface area contributed by atoms with E-state index in [1.165, 1.54) is 5.56 Å². The molecule has 2 rings (SSSR count). The summed E-state index contributed by atoms with van der Waals surface area (Å²) in [7, 11) is 1.96. The van der Waals surface area contributed by atoms with Crippen LogP contribution in [0.2, 0.25) is 5.02 Å². The summed E-state index contributed by atoms with van der Waals surface area (Å²) in [6, 6.07) is 6.28. The minimum atomic E-state index is 0.792. The number of nitrogens with one attached hydrogen (secondary N) is 1. The van der Waals surface area contributed by atoms with Crippen molar-refractivity contribution in [3.63, 3.8) is 0 Å². The molecule has 0 aliphatic rings. The van der Waals surface area contributed by atoms with Crippen LogP contribution in [0.15, 0.2) is 18.2 Å². The van der Waals surface area contributed by atoms with Crippen LogP contribution in [-0.4, -0.2) is 16.3 Å². The van der Waals surface area contributed by atoms with E-state index in [1.54, 1.807) is 0 Å². The summed E-state index contributed by atoms with van der Waals surface area (Å²) in [5.74, 6) is 0. The highest BCUT2D eigenvalue weighted by Crippen LogP contribution is 2.33. The Bertz CT molecular complexity index is 602. The maximum Gasteiger partial charge on any atom is 0.0675 e.